The second kappa shape index (κ2) is 7.19. The van der Waals surface area contributed by atoms with Gasteiger partial charge in [0.05, 0.1) is 35.3 Å². The number of carbonyl (C=O) groups excluding carboxylic acids is 1. The third-order valence-electron chi connectivity index (χ3n) is 4.85. The number of nitrogens with zero attached hydrogens (tertiary/aromatic N) is 2. The Labute approximate surface area is 166 Å². The first-order valence-electron chi connectivity index (χ1n) is 8.89. The fourth-order valence-corrected chi connectivity index (χ4v) is 3.79. The van der Waals surface area contributed by atoms with E-state index in [9.17, 15) is 4.79 Å². The fraction of sp³-hybridized carbons (Fsp3) is 0.238. The third-order valence-corrected chi connectivity index (χ3v) is 5.38. The van der Waals surface area contributed by atoms with Crippen LogP contribution in [0, 0.1) is 13.8 Å². The molecule has 3 aromatic rings. The number of aryl methyl sites for hydroxylation is 1. The van der Waals surface area contributed by atoms with Gasteiger partial charge in [-0.05, 0) is 44.2 Å². The Morgan fingerprint density at radius 3 is 2.70 bits per heavy atom. The summed E-state index contributed by atoms with van der Waals surface area (Å²) in [5.74, 6) is 0.739. The van der Waals surface area contributed by atoms with Crippen LogP contribution >= 0.6 is 15.9 Å². The SMILES string of the molecule is Cc1nn(-c2ccc(Br)cc2)c(C)c1C(=O)NC1CCOc2ccccc21. The van der Waals surface area contributed by atoms with Crippen LogP contribution in [0.1, 0.15) is 39.8 Å². The van der Waals surface area contributed by atoms with Gasteiger partial charge in [-0.15, -0.1) is 0 Å². The smallest absolute Gasteiger partial charge is 0.255 e. The van der Waals surface area contributed by atoms with E-state index in [2.05, 4.69) is 26.3 Å². The lowest BCUT2D eigenvalue weighted by molar-refractivity contribution is 0.0923. The highest BCUT2D eigenvalue weighted by atomic mass is 79.9. The second-order valence-corrected chi connectivity index (χ2v) is 7.55. The summed E-state index contributed by atoms with van der Waals surface area (Å²) in [6.07, 6.45) is 0.752. The minimum Gasteiger partial charge on any atom is -0.493 e. The van der Waals surface area contributed by atoms with Crippen molar-refractivity contribution in [1.82, 2.24) is 15.1 Å². The van der Waals surface area contributed by atoms with Crippen molar-refractivity contribution in [1.29, 1.82) is 0 Å². The number of amides is 1. The molecule has 0 bridgehead atoms. The maximum atomic E-state index is 13.1. The molecule has 1 aliphatic rings. The normalized spacial score (nSPS) is 15.7. The molecule has 0 fully saturated rings. The molecule has 138 valence electrons. The number of fused-ring (bicyclic) bond motifs is 1. The van der Waals surface area contributed by atoms with Crippen LogP contribution < -0.4 is 10.1 Å². The van der Waals surface area contributed by atoms with E-state index in [1.165, 1.54) is 0 Å². The van der Waals surface area contributed by atoms with Crippen LogP contribution in [-0.4, -0.2) is 22.3 Å². The quantitative estimate of drug-likeness (QED) is 0.671. The first kappa shape index (κ1) is 17.8. The lowest BCUT2D eigenvalue weighted by atomic mass is 10.00. The highest BCUT2D eigenvalue weighted by Gasteiger charge is 2.26. The van der Waals surface area contributed by atoms with Crippen LogP contribution in [-0.2, 0) is 0 Å². The maximum absolute atomic E-state index is 13.1. The van der Waals surface area contributed by atoms with Crippen molar-refractivity contribution in [3.05, 3.63) is 75.5 Å². The van der Waals surface area contributed by atoms with Gasteiger partial charge in [0.2, 0.25) is 0 Å². The summed E-state index contributed by atoms with van der Waals surface area (Å²) in [7, 11) is 0. The molecule has 2 heterocycles. The van der Waals surface area contributed by atoms with Crippen LogP contribution in [0.25, 0.3) is 5.69 Å². The van der Waals surface area contributed by atoms with Crippen molar-refractivity contribution in [2.45, 2.75) is 26.3 Å². The molecule has 5 nitrogen and oxygen atoms in total. The molecule has 4 rings (SSSR count). The standard InChI is InChI=1S/C21H20BrN3O2/c1-13-20(14(2)25(24-13)16-9-7-15(22)8-10-16)21(26)23-18-11-12-27-19-6-4-3-5-17(18)19/h3-10,18H,11-12H2,1-2H3,(H,23,26). The predicted molar refractivity (Wildman–Crippen MR) is 107 cm³/mol. The summed E-state index contributed by atoms with van der Waals surface area (Å²) in [6.45, 7) is 4.39. The minimum absolute atomic E-state index is 0.0581. The van der Waals surface area contributed by atoms with Crippen LogP contribution in [0.3, 0.4) is 0 Å². The number of rotatable bonds is 3. The third kappa shape index (κ3) is 3.37. The van der Waals surface area contributed by atoms with Gasteiger partial charge in [-0.2, -0.15) is 5.10 Å². The number of aromatic nitrogens is 2. The molecule has 1 aromatic heterocycles. The van der Waals surface area contributed by atoms with Crippen LogP contribution in [0.15, 0.2) is 53.0 Å². The van der Waals surface area contributed by atoms with E-state index in [1.54, 1.807) is 0 Å². The predicted octanol–water partition coefficient (Wildman–Crippen LogP) is 4.51. The molecule has 2 aromatic carbocycles. The highest BCUT2D eigenvalue weighted by Crippen LogP contribution is 2.32. The van der Waals surface area contributed by atoms with Crippen LogP contribution in [0.4, 0.5) is 0 Å². The van der Waals surface area contributed by atoms with Crippen LogP contribution in [0.2, 0.25) is 0 Å². The van der Waals surface area contributed by atoms with Crippen LogP contribution in [0.5, 0.6) is 5.75 Å². The van der Waals surface area contributed by atoms with Gasteiger partial charge in [0.1, 0.15) is 5.75 Å². The number of para-hydroxylation sites is 1. The number of nitrogens with one attached hydrogen (secondary N) is 1. The molecule has 6 heteroatoms. The Bertz CT molecular complexity index is 995. The molecule has 1 amide bonds. The average Bonchev–Trinajstić information content (AvgIpc) is 2.97. The Balaban J connectivity index is 1.63. The Morgan fingerprint density at radius 2 is 1.93 bits per heavy atom. The second-order valence-electron chi connectivity index (χ2n) is 6.64. The number of ether oxygens (including phenoxy) is 1. The minimum atomic E-state index is -0.102. The highest BCUT2D eigenvalue weighted by molar-refractivity contribution is 9.10. The van der Waals surface area contributed by atoms with E-state index in [-0.39, 0.29) is 11.9 Å². The molecule has 0 saturated carbocycles. The Hall–Kier alpha value is -2.60. The van der Waals surface area contributed by atoms with Gasteiger partial charge < -0.3 is 10.1 Å². The van der Waals surface area contributed by atoms with E-state index in [0.717, 1.165) is 33.6 Å². The summed E-state index contributed by atoms with van der Waals surface area (Å²) in [5.41, 5.74) is 4.12. The molecule has 1 atom stereocenters. The first-order valence-corrected chi connectivity index (χ1v) is 9.68. The number of hydrogen-bond acceptors (Lipinski definition) is 3. The Kier molecular flexibility index (Phi) is 4.74. The molecule has 1 unspecified atom stereocenters. The van der Waals surface area contributed by atoms with Crippen molar-refractivity contribution in [2.24, 2.45) is 0 Å². The summed E-state index contributed by atoms with van der Waals surface area (Å²) in [6, 6.07) is 15.7. The van der Waals surface area contributed by atoms with Crippen molar-refractivity contribution >= 4 is 21.8 Å². The van der Waals surface area contributed by atoms with Gasteiger partial charge in [-0.3, -0.25) is 4.79 Å². The molecule has 0 spiro atoms. The lowest BCUT2D eigenvalue weighted by Gasteiger charge is -2.26. The topological polar surface area (TPSA) is 56.2 Å². The van der Waals surface area contributed by atoms with Gasteiger partial charge >= 0.3 is 0 Å². The maximum Gasteiger partial charge on any atom is 0.255 e. The zero-order valence-electron chi connectivity index (χ0n) is 15.2. The zero-order chi connectivity index (χ0) is 19.0. The summed E-state index contributed by atoms with van der Waals surface area (Å²) in [4.78, 5) is 13.1. The van der Waals surface area contributed by atoms with Gasteiger partial charge in [0.15, 0.2) is 0 Å². The first-order chi connectivity index (χ1) is 13.0. The molecule has 0 saturated heterocycles. The largest absolute Gasteiger partial charge is 0.493 e. The van der Waals surface area contributed by atoms with E-state index in [4.69, 9.17) is 4.74 Å². The molecule has 0 radical (unpaired) electrons. The molecular formula is C21H20BrN3O2. The van der Waals surface area contributed by atoms with Crippen molar-refractivity contribution in [3.8, 4) is 11.4 Å². The summed E-state index contributed by atoms with van der Waals surface area (Å²) in [5, 5.41) is 7.75. The molecule has 27 heavy (non-hydrogen) atoms. The van der Waals surface area contributed by atoms with E-state index in [1.807, 2.05) is 67.1 Å². The molecule has 1 N–H and O–H groups in total. The van der Waals surface area contributed by atoms with Crippen molar-refractivity contribution < 1.29 is 9.53 Å². The number of carbonyl (C=O) groups is 1. The number of halogens is 1. The fourth-order valence-electron chi connectivity index (χ4n) is 3.53. The zero-order valence-corrected chi connectivity index (χ0v) is 16.8. The van der Waals surface area contributed by atoms with Gasteiger partial charge in [-0.1, -0.05) is 34.1 Å². The van der Waals surface area contributed by atoms with Crippen molar-refractivity contribution in [2.75, 3.05) is 6.61 Å². The van der Waals surface area contributed by atoms with E-state index >= 15 is 0 Å². The summed E-state index contributed by atoms with van der Waals surface area (Å²) < 4.78 is 8.51. The Morgan fingerprint density at radius 1 is 1.19 bits per heavy atom. The number of hydrogen-bond donors (Lipinski definition) is 1. The molecule has 1 aliphatic heterocycles. The summed E-state index contributed by atoms with van der Waals surface area (Å²) >= 11 is 3.44. The molecule has 0 aliphatic carbocycles. The van der Waals surface area contributed by atoms with E-state index in [0.29, 0.717) is 17.9 Å². The lowest BCUT2D eigenvalue weighted by Crippen LogP contribution is -2.32. The average molecular weight is 426 g/mol. The van der Waals surface area contributed by atoms with Crippen molar-refractivity contribution in [3.63, 3.8) is 0 Å². The monoisotopic (exact) mass is 425 g/mol. The van der Waals surface area contributed by atoms with Gasteiger partial charge in [-0.25, -0.2) is 4.68 Å². The molecular weight excluding hydrogens is 406 g/mol. The van der Waals surface area contributed by atoms with E-state index < -0.39 is 0 Å². The number of benzene rings is 2. The van der Waals surface area contributed by atoms with Gasteiger partial charge in [0.25, 0.3) is 5.91 Å². The van der Waals surface area contributed by atoms with Gasteiger partial charge in [0, 0.05) is 16.5 Å².